The summed E-state index contributed by atoms with van der Waals surface area (Å²) in [6.45, 7) is 5.34. The second kappa shape index (κ2) is 7.33. The summed E-state index contributed by atoms with van der Waals surface area (Å²) >= 11 is -2.34. The van der Waals surface area contributed by atoms with Crippen molar-refractivity contribution in [3.05, 3.63) is 0 Å². The van der Waals surface area contributed by atoms with E-state index in [1.807, 2.05) is 0 Å². The third-order valence-electron chi connectivity index (χ3n) is 3.52. The first-order valence-corrected chi connectivity index (χ1v) is 7.48. The van der Waals surface area contributed by atoms with Gasteiger partial charge in [-0.15, -0.1) is 0 Å². The molecular formula is C12H23NO4S. The minimum absolute atomic E-state index is 0.127. The molecule has 1 fully saturated rings. The second-order valence-electron chi connectivity index (χ2n) is 5.29. The van der Waals surface area contributed by atoms with Crippen molar-refractivity contribution in [1.29, 1.82) is 0 Å². The molecule has 1 heterocycles. The molecule has 0 aromatic heterocycles. The molecule has 0 spiro atoms. The fourth-order valence-electron chi connectivity index (χ4n) is 2.47. The molecule has 3 atom stereocenters. The normalized spacial score (nSPS) is 27.2. The minimum atomic E-state index is -2.34. The first-order valence-electron chi connectivity index (χ1n) is 6.45. The van der Waals surface area contributed by atoms with Gasteiger partial charge in [-0.05, 0) is 33.2 Å². The van der Waals surface area contributed by atoms with Gasteiger partial charge in [0.2, 0.25) is 0 Å². The number of carbonyl (C=O) groups is 1. The van der Waals surface area contributed by atoms with E-state index < -0.39 is 17.0 Å². The van der Waals surface area contributed by atoms with Crippen molar-refractivity contribution in [3.8, 4) is 0 Å². The number of rotatable bonds is 6. The molecule has 0 aliphatic carbocycles. The van der Waals surface area contributed by atoms with Crippen LogP contribution in [0.5, 0.6) is 0 Å². The fraction of sp³-hybridized carbons (Fsp3) is 0.917. The molecule has 18 heavy (non-hydrogen) atoms. The Labute approximate surface area is 111 Å². The van der Waals surface area contributed by atoms with Crippen molar-refractivity contribution >= 4 is 17.6 Å². The van der Waals surface area contributed by atoms with Crippen LogP contribution in [0.4, 0.5) is 0 Å². The molecule has 6 heteroatoms. The summed E-state index contributed by atoms with van der Waals surface area (Å²) in [5, 5.41) is 0. The number of likely N-dealkylation sites (tertiary alicyclic amines) is 1. The Morgan fingerprint density at radius 3 is 2.83 bits per heavy atom. The van der Waals surface area contributed by atoms with Crippen LogP contribution in [0.3, 0.4) is 0 Å². The highest BCUT2D eigenvalue weighted by atomic mass is 32.2. The van der Waals surface area contributed by atoms with E-state index in [1.54, 1.807) is 6.92 Å². The summed E-state index contributed by atoms with van der Waals surface area (Å²) in [5.41, 5.74) is -0.889. The number of aldehydes is 1. The van der Waals surface area contributed by atoms with Gasteiger partial charge in [-0.2, -0.15) is 4.21 Å². The molecule has 5 nitrogen and oxygen atoms in total. The number of hydrogen-bond acceptors (Lipinski definition) is 4. The Bertz CT molecular complexity index is 300. The maximum atomic E-state index is 10.8. The van der Waals surface area contributed by atoms with Crippen LogP contribution in [0.2, 0.25) is 0 Å². The van der Waals surface area contributed by atoms with Crippen molar-refractivity contribution in [2.45, 2.75) is 57.6 Å². The van der Waals surface area contributed by atoms with Gasteiger partial charge in [0.05, 0.1) is 0 Å². The van der Waals surface area contributed by atoms with E-state index in [2.05, 4.69) is 11.8 Å². The highest BCUT2D eigenvalue weighted by Crippen LogP contribution is 2.23. The minimum Gasteiger partial charge on any atom is -0.303 e. The predicted octanol–water partition coefficient (Wildman–Crippen LogP) is 1.75. The van der Waals surface area contributed by atoms with Crippen molar-refractivity contribution in [2.24, 2.45) is 0 Å². The van der Waals surface area contributed by atoms with Gasteiger partial charge in [-0.25, -0.2) is 0 Å². The van der Waals surface area contributed by atoms with E-state index in [0.717, 1.165) is 25.7 Å². The molecule has 106 valence electrons. The highest BCUT2D eigenvalue weighted by molar-refractivity contribution is 7.74. The van der Waals surface area contributed by atoms with Crippen LogP contribution in [0.1, 0.15) is 46.0 Å². The molecule has 1 saturated heterocycles. The first-order chi connectivity index (χ1) is 8.47. The summed E-state index contributed by atoms with van der Waals surface area (Å²) in [6.07, 6.45) is 5.56. The molecule has 1 aliphatic heterocycles. The third-order valence-corrected chi connectivity index (χ3v) is 4.06. The highest BCUT2D eigenvalue weighted by Gasteiger charge is 2.32. The maximum absolute atomic E-state index is 10.8. The molecular weight excluding hydrogens is 254 g/mol. The molecule has 0 radical (unpaired) electrons. The summed E-state index contributed by atoms with van der Waals surface area (Å²) in [4.78, 5) is 13.0. The van der Waals surface area contributed by atoms with Crippen molar-refractivity contribution in [3.63, 3.8) is 0 Å². The Balaban J connectivity index is 2.68. The predicted molar refractivity (Wildman–Crippen MR) is 70.4 cm³/mol. The van der Waals surface area contributed by atoms with Gasteiger partial charge in [0.1, 0.15) is 11.9 Å². The molecule has 3 unspecified atom stereocenters. The lowest BCUT2D eigenvalue weighted by Gasteiger charge is -2.35. The molecule has 1 rings (SSSR count). The van der Waals surface area contributed by atoms with Gasteiger partial charge >= 0.3 is 11.4 Å². The Hall–Kier alpha value is -0.300. The maximum Gasteiger partial charge on any atom is 0.302 e. The van der Waals surface area contributed by atoms with Crippen molar-refractivity contribution in [2.75, 3.05) is 13.1 Å². The largest absolute Gasteiger partial charge is 0.303 e. The number of carbonyl (C=O) groups excluding carboxylic acids is 1. The molecule has 1 N–H and O–H groups in total. The lowest BCUT2D eigenvalue weighted by atomic mass is 10.0. The van der Waals surface area contributed by atoms with Gasteiger partial charge < -0.3 is 4.79 Å². The fourth-order valence-corrected chi connectivity index (χ4v) is 2.94. The zero-order chi connectivity index (χ0) is 13.6. The van der Waals surface area contributed by atoms with Crippen LogP contribution in [-0.2, 0) is 20.3 Å². The standard InChI is InChI=1S/C12H23NO4S/c1-11-6-4-3-5-8-13(11)10-12(2,7-9-14)17-18(15)16/h9,11H,3-8,10H2,1-2H3,(H,15,16). The van der Waals surface area contributed by atoms with E-state index in [4.69, 9.17) is 8.74 Å². The Kier molecular flexibility index (Phi) is 6.42. The lowest BCUT2D eigenvalue weighted by Crippen LogP contribution is -2.47. The summed E-state index contributed by atoms with van der Waals surface area (Å²) < 4.78 is 24.7. The SMILES string of the molecule is CC1CCCCCN1CC(C)(CC=O)OS(=O)O. The van der Waals surface area contributed by atoms with Gasteiger partial charge in [0.15, 0.2) is 0 Å². The van der Waals surface area contributed by atoms with Crippen LogP contribution in [-0.4, -0.2) is 44.7 Å². The van der Waals surface area contributed by atoms with Gasteiger partial charge in [0.25, 0.3) is 0 Å². The molecule has 1 aliphatic rings. The third kappa shape index (κ3) is 5.14. The zero-order valence-corrected chi connectivity index (χ0v) is 11.9. The van der Waals surface area contributed by atoms with Crippen LogP contribution in [0.25, 0.3) is 0 Å². The average Bonchev–Trinajstić information content (AvgIpc) is 2.43. The number of hydrogen-bond donors (Lipinski definition) is 1. The van der Waals surface area contributed by atoms with Crippen LogP contribution >= 0.6 is 0 Å². The monoisotopic (exact) mass is 277 g/mol. The molecule has 0 aromatic rings. The van der Waals surface area contributed by atoms with E-state index in [0.29, 0.717) is 12.6 Å². The van der Waals surface area contributed by atoms with Gasteiger partial charge in [-0.3, -0.25) is 13.6 Å². The lowest BCUT2D eigenvalue weighted by molar-refractivity contribution is -0.111. The second-order valence-corrected chi connectivity index (χ2v) is 5.89. The quantitative estimate of drug-likeness (QED) is 0.592. The summed E-state index contributed by atoms with van der Waals surface area (Å²) in [6, 6.07) is 0.425. The average molecular weight is 277 g/mol. The van der Waals surface area contributed by atoms with Gasteiger partial charge in [-0.1, -0.05) is 12.8 Å². The van der Waals surface area contributed by atoms with Crippen molar-refractivity contribution in [1.82, 2.24) is 4.90 Å². The number of nitrogens with zero attached hydrogens (tertiary/aromatic N) is 1. The first kappa shape index (κ1) is 15.8. The summed E-state index contributed by atoms with van der Waals surface area (Å²) in [5.74, 6) is 0. The Morgan fingerprint density at radius 1 is 1.50 bits per heavy atom. The van der Waals surface area contributed by atoms with Crippen LogP contribution in [0, 0.1) is 0 Å². The Morgan fingerprint density at radius 2 is 2.22 bits per heavy atom. The summed E-state index contributed by atoms with van der Waals surface area (Å²) in [7, 11) is 0. The molecule has 0 aromatic carbocycles. The van der Waals surface area contributed by atoms with Gasteiger partial charge in [0, 0.05) is 19.0 Å². The molecule has 0 amide bonds. The zero-order valence-electron chi connectivity index (χ0n) is 11.1. The van der Waals surface area contributed by atoms with Crippen LogP contribution < -0.4 is 0 Å². The van der Waals surface area contributed by atoms with E-state index in [1.165, 1.54) is 12.8 Å². The smallest absolute Gasteiger partial charge is 0.302 e. The van der Waals surface area contributed by atoms with E-state index in [9.17, 15) is 9.00 Å². The van der Waals surface area contributed by atoms with Crippen LogP contribution in [0.15, 0.2) is 0 Å². The van der Waals surface area contributed by atoms with Crippen molar-refractivity contribution < 1.29 is 17.7 Å². The molecule has 0 saturated carbocycles. The van der Waals surface area contributed by atoms with E-state index in [-0.39, 0.29) is 6.42 Å². The topological polar surface area (TPSA) is 66.8 Å². The molecule has 0 bridgehead atoms. The van der Waals surface area contributed by atoms with E-state index >= 15 is 0 Å².